The van der Waals surface area contributed by atoms with Gasteiger partial charge in [-0.3, -0.25) is 0 Å². The molecule has 0 amide bonds. The second-order valence-electron chi connectivity index (χ2n) is 4.85. The first-order chi connectivity index (χ1) is 7.66. The summed E-state index contributed by atoms with van der Waals surface area (Å²) in [4.78, 5) is 4.61. The van der Waals surface area contributed by atoms with Crippen molar-refractivity contribution in [3.05, 3.63) is 16.1 Å². The van der Waals surface area contributed by atoms with Crippen molar-refractivity contribution in [3.63, 3.8) is 0 Å². The lowest BCUT2D eigenvalue weighted by atomic mass is 10.0. The summed E-state index contributed by atoms with van der Waals surface area (Å²) in [6, 6.07) is 0.0754. The average molecular weight is 240 g/mol. The van der Waals surface area contributed by atoms with Crippen molar-refractivity contribution >= 4 is 11.3 Å². The zero-order valence-corrected chi connectivity index (χ0v) is 10.8. The molecule has 1 fully saturated rings. The molecule has 16 heavy (non-hydrogen) atoms. The summed E-state index contributed by atoms with van der Waals surface area (Å²) >= 11 is 1.69. The first-order valence-electron chi connectivity index (χ1n) is 5.99. The van der Waals surface area contributed by atoms with E-state index in [1.165, 1.54) is 0 Å². The van der Waals surface area contributed by atoms with Crippen LogP contribution in [0.5, 0.6) is 0 Å². The minimum Gasteiger partial charge on any atom is -0.371 e. The Morgan fingerprint density at radius 1 is 1.62 bits per heavy atom. The Hall–Kier alpha value is -0.450. The van der Waals surface area contributed by atoms with E-state index in [1.807, 2.05) is 0 Å². The second-order valence-corrected chi connectivity index (χ2v) is 5.74. The van der Waals surface area contributed by atoms with Gasteiger partial charge in [0.25, 0.3) is 0 Å². The third-order valence-electron chi connectivity index (χ3n) is 2.85. The van der Waals surface area contributed by atoms with Crippen LogP contribution in [0, 0.1) is 5.92 Å². The zero-order valence-electron chi connectivity index (χ0n) is 9.98. The summed E-state index contributed by atoms with van der Waals surface area (Å²) in [6.07, 6.45) is 3.48. The highest BCUT2D eigenvalue weighted by Gasteiger charge is 2.22. The van der Waals surface area contributed by atoms with Crippen LogP contribution in [0.25, 0.3) is 0 Å². The van der Waals surface area contributed by atoms with Crippen molar-refractivity contribution in [2.24, 2.45) is 11.7 Å². The highest BCUT2D eigenvalue weighted by molar-refractivity contribution is 7.09. The summed E-state index contributed by atoms with van der Waals surface area (Å²) in [5.74, 6) is 0.614. The molecule has 90 valence electrons. The monoisotopic (exact) mass is 240 g/mol. The van der Waals surface area contributed by atoms with Gasteiger partial charge in [0.15, 0.2) is 0 Å². The molecular formula is C12H20N2OS. The van der Waals surface area contributed by atoms with Crippen molar-refractivity contribution in [2.45, 2.75) is 45.3 Å². The smallest absolute Gasteiger partial charge is 0.122 e. The number of thiazole rings is 1. The molecule has 0 bridgehead atoms. The molecule has 1 aromatic rings. The van der Waals surface area contributed by atoms with E-state index >= 15 is 0 Å². The van der Waals surface area contributed by atoms with Gasteiger partial charge in [-0.1, -0.05) is 13.8 Å². The fourth-order valence-electron chi connectivity index (χ4n) is 2.02. The second kappa shape index (κ2) is 5.25. The van der Waals surface area contributed by atoms with Crippen LogP contribution < -0.4 is 5.73 Å². The number of hydrogen-bond acceptors (Lipinski definition) is 4. The Morgan fingerprint density at radius 3 is 3.06 bits per heavy atom. The molecule has 2 N–H and O–H groups in total. The van der Waals surface area contributed by atoms with Gasteiger partial charge >= 0.3 is 0 Å². The van der Waals surface area contributed by atoms with Crippen molar-refractivity contribution in [3.8, 4) is 0 Å². The van der Waals surface area contributed by atoms with E-state index < -0.39 is 0 Å². The number of rotatable bonds is 4. The van der Waals surface area contributed by atoms with E-state index in [-0.39, 0.29) is 12.1 Å². The van der Waals surface area contributed by atoms with Crippen LogP contribution in [0.4, 0.5) is 0 Å². The minimum atomic E-state index is 0.0754. The molecule has 4 heteroatoms. The Morgan fingerprint density at radius 2 is 2.44 bits per heavy atom. The molecule has 1 aliphatic rings. The fraction of sp³-hybridized carbons (Fsp3) is 0.750. The largest absolute Gasteiger partial charge is 0.371 e. The van der Waals surface area contributed by atoms with Crippen LogP contribution in [0.15, 0.2) is 5.38 Å². The molecule has 3 nitrogen and oxygen atoms in total. The Bertz CT molecular complexity index is 332. The molecule has 1 aliphatic heterocycles. The molecule has 1 aromatic heterocycles. The van der Waals surface area contributed by atoms with Crippen LogP contribution in [0.3, 0.4) is 0 Å². The molecule has 2 heterocycles. The number of nitrogens with two attached hydrogens (primary N) is 1. The molecule has 2 atom stereocenters. The lowest BCUT2D eigenvalue weighted by molar-refractivity contribution is 0.111. The average Bonchev–Trinajstić information content (AvgIpc) is 2.87. The van der Waals surface area contributed by atoms with Crippen molar-refractivity contribution in [1.82, 2.24) is 4.98 Å². The quantitative estimate of drug-likeness (QED) is 0.880. The van der Waals surface area contributed by atoms with Gasteiger partial charge < -0.3 is 10.5 Å². The topological polar surface area (TPSA) is 48.1 Å². The Kier molecular flexibility index (Phi) is 3.95. The first-order valence-corrected chi connectivity index (χ1v) is 6.87. The molecule has 0 saturated carbocycles. The number of nitrogens with zero attached hydrogens (tertiary/aromatic N) is 1. The number of ether oxygens (including phenoxy) is 1. The molecule has 0 aromatic carbocycles. The molecule has 0 radical (unpaired) electrons. The van der Waals surface area contributed by atoms with Gasteiger partial charge in [0.2, 0.25) is 0 Å². The normalized spacial score (nSPS) is 22.9. The van der Waals surface area contributed by atoms with E-state index in [0.717, 1.165) is 36.6 Å². The van der Waals surface area contributed by atoms with Crippen LogP contribution in [-0.2, 0) is 4.74 Å². The van der Waals surface area contributed by atoms with Gasteiger partial charge in [0.05, 0.1) is 5.69 Å². The van der Waals surface area contributed by atoms with Gasteiger partial charge in [-0.2, -0.15) is 0 Å². The highest BCUT2D eigenvalue weighted by Crippen LogP contribution is 2.32. The van der Waals surface area contributed by atoms with Gasteiger partial charge in [0.1, 0.15) is 11.1 Å². The lowest BCUT2D eigenvalue weighted by Gasteiger charge is -2.11. The van der Waals surface area contributed by atoms with Crippen molar-refractivity contribution < 1.29 is 4.74 Å². The number of aromatic nitrogens is 1. The van der Waals surface area contributed by atoms with Crippen molar-refractivity contribution in [2.75, 3.05) is 6.61 Å². The molecule has 2 unspecified atom stereocenters. The number of hydrogen-bond donors (Lipinski definition) is 1. The van der Waals surface area contributed by atoms with E-state index in [2.05, 4.69) is 24.2 Å². The van der Waals surface area contributed by atoms with Gasteiger partial charge in [-0.15, -0.1) is 11.3 Å². The maximum atomic E-state index is 6.11. The summed E-state index contributed by atoms with van der Waals surface area (Å²) < 4.78 is 5.62. The van der Waals surface area contributed by atoms with Gasteiger partial charge in [0, 0.05) is 18.0 Å². The van der Waals surface area contributed by atoms with Gasteiger partial charge in [-0.05, 0) is 25.2 Å². The van der Waals surface area contributed by atoms with E-state index in [1.54, 1.807) is 11.3 Å². The highest BCUT2D eigenvalue weighted by atomic mass is 32.1. The standard InChI is InChI=1S/C12H20N2OS/c1-8(2)6-9(13)10-7-16-12(14-10)11-4-3-5-15-11/h7-9,11H,3-6,13H2,1-2H3. The van der Waals surface area contributed by atoms with Crippen LogP contribution in [0.1, 0.15) is 56.0 Å². The van der Waals surface area contributed by atoms with E-state index in [4.69, 9.17) is 10.5 Å². The van der Waals surface area contributed by atoms with Crippen LogP contribution in [-0.4, -0.2) is 11.6 Å². The molecule has 1 saturated heterocycles. The van der Waals surface area contributed by atoms with Crippen LogP contribution in [0.2, 0.25) is 0 Å². The predicted octanol–water partition coefficient (Wildman–Crippen LogP) is 3.04. The van der Waals surface area contributed by atoms with Crippen molar-refractivity contribution in [1.29, 1.82) is 0 Å². The lowest BCUT2D eigenvalue weighted by Crippen LogP contribution is -2.13. The Balaban J connectivity index is 2.00. The molecule has 2 rings (SSSR count). The van der Waals surface area contributed by atoms with E-state index in [9.17, 15) is 0 Å². The molecule has 0 spiro atoms. The predicted molar refractivity (Wildman–Crippen MR) is 66.4 cm³/mol. The van der Waals surface area contributed by atoms with Gasteiger partial charge in [-0.25, -0.2) is 4.98 Å². The van der Waals surface area contributed by atoms with E-state index in [0.29, 0.717) is 5.92 Å². The summed E-state index contributed by atoms with van der Waals surface area (Å²) in [5, 5.41) is 3.19. The molecular weight excluding hydrogens is 220 g/mol. The third kappa shape index (κ3) is 2.81. The summed E-state index contributed by atoms with van der Waals surface area (Å²) in [7, 11) is 0. The maximum absolute atomic E-state index is 6.11. The SMILES string of the molecule is CC(C)CC(N)c1csc(C2CCCO2)n1. The Labute approximate surface area is 101 Å². The fourth-order valence-corrected chi connectivity index (χ4v) is 2.98. The summed E-state index contributed by atoms with van der Waals surface area (Å²) in [5.41, 5.74) is 7.14. The third-order valence-corrected chi connectivity index (χ3v) is 3.81. The molecule has 0 aliphatic carbocycles. The minimum absolute atomic E-state index is 0.0754. The maximum Gasteiger partial charge on any atom is 0.122 e. The zero-order chi connectivity index (χ0) is 11.5. The summed E-state index contributed by atoms with van der Waals surface area (Å²) in [6.45, 7) is 5.25. The van der Waals surface area contributed by atoms with Crippen LogP contribution >= 0.6 is 11.3 Å². The first kappa shape index (κ1) is 12.0.